The second-order valence-corrected chi connectivity index (χ2v) is 5.13. The number of aliphatic hydroxyl groups excluding tert-OH is 1. The molecule has 0 aliphatic carbocycles. The number of nitrogens with one attached hydrogen (secondary N) is 2. The molecule has 0 aliphatic heterocycles. The summed E-state index contributed by atoms with van der Waals surface area (Å²) in [6, 6.07) is 5.11. The summed E-state index contributed by atoms with van der Waals surface area (Å²) in [5.74, 6) is 0.276. The van der Waals surface area contributed by atoms with E-state index in [1.807, 2.05) is 6.92 Å². The van der Waals surface area contributed by atoms with Crippen LogP contribution in [0.15, 0.2) is 29.3 Å². The van der Waals surface area contributed by atoms with Crippen LogP contribution in [0.2, 0.25) is 0 Å². The van der Waals surface area contributed by atoms with E-state index in [2.05, 4.69) is 27.3 Å². The lowest BCUT2D eigenvalue weighted by Gasteiger charge is -2.14. The third-order valence-electron chi connectivity index (χ3n) is 3.09. The van der Waals surface area contributed by atoms with Crippen molar-refractivity contribution in [2.75, 3.05) is 19.6 Å². The molecule has 0 bridgehead atoms. The van der Waals surface area contributed by atoms with Crippen LogP contribution in [-0.4, -0.2) is 37.1 Å². The SMILES string of the molecule is CCCCNC(=NCC(O)c1ccc(OC(F)(F)F)cc1)NCC. The van der Waals surface area contributed by atoms with Crippen LogP contribution in [0, 0.1) is 0 Å². The van der Waals surface area contributed by atoms with Crippen molar-refractivity contribution >= 4 is 5.96 Å². The summed E-state index contributed by atoms with van der Waals surface area (Å²) in [5.41, 5.74) is 0.470. The Kier molecular flexibility index (Phi) is 8.39. The molecular weight excluding hydrogens is 323 g/mol. The van der Waals surface area contributed by atoms with Crippen LogP contribution < -0.4 is 15.4 Å². The Morgan fingerprint density at radius 1 is 1.21 bits per heavy atom. The lowest BCUT2D eigenvalue weighted by atomic mass is 10.1. The zero-order valence-corrected chi connectivity index (χ0v) is 13.9. The zero-order chi connectivity index (χ0) is 18.0. The molecule has 0 amide bonds. The molecule has 0 saturated heterocycles. The summed E-state index contributed by atoms with van der Waals surface area (Å²) in [5, 5.41) is 16.3. The number of rotatable bonds is 8. The number of guanidine groups is 1. The van der Waals surface area contributed by atoms with E-state index in [1.54, 1.807) is 0 Å². The third-order valence-corrected chi connectivity index (χ3v) is 3.09. The number of unbranched alkanes of at least 4 members (excludes halogenated alkanes) is 1. The standard InChI is InChI=1S/C16H24F3N3O2/c1-3-5-10-21-15(20-4-2)22-11-14(23)12-6-8-13(9-7-12)24-16(17,18)19/h6-9,14,23H,3-5,10-11H2,1-2H3,(H2,20,21,22). The maximum absolute atomic E-state index is 12.1. The minimum Gasteiger partial charge on any atom is -0.406 e. The molecule has 0 saturated carbocycles. The molecule has 0 heterocycles. The number of benzene rings is 1. The predicted molar refractivity (Wildman–Crippen MR) is 87.0 cm³/mol. The number of ether oxygens (including phenoxy) is 1. The van der Waals surface area contributed by atoms with E-state index < -0.39 is 12.5 Å². The van der Waals surface area contributed by atoms with Crippen molar-refractivity contribution in [3.05, 3.63) is 29.8 Å². The highest BCUT2D eigenvalue weighted by Crippen LogP contribution is 2.24. The fourth-order valence-corrected chi connectivity index (χ4v) is 1.90. The van der Waals surface area contributed by atoms with Crippen LogP contribution in [0.25, 0.3) is 0 Å². The molecule has 0 aliphatic rings. The lowest BCUT2D eigenvalue weighted by molar-refractivity contribution is -0.274. The molecule has 1 aromatic carbocycles. The van der Waals surface area contributed by atoms with E-state index in [-0.39, 0.29) is 12.3 Å². The Hall–Kier alpha value is -1.96. The quantitative estimate of drug-likeness (QED) is 0.384. The number of halogens is 3. The molecule has 1 rings (SSSR count). The molecule has 1 atom stereocenters. The number of hydrogen-bond acceptors (Lipinski definition) is 3. The van der Waals surface area contributed by atoms with Gasteiger partial charge >= 0.3 is 6.36 Å². The van der Waals surface area contributed by atoms with Crippen LogP contribution >= 0.6 is 0 Å². The predicted octanol–water partition coefficient (Wildman–Crippen LogP) is 2.97. The first-order chi connectivity index (χ1) is 11.4. The van der Waals surface area contributed by atoms with Crippen molar-refractivity contribution in [3.63, 3.8) is 0 Å². The molecule has 0 aromatic heterocycles. The summed E-state index contributed by atoms with van der Waals surface area (Å²) in [4.78, 5) is 4.28. The van der Waals surface area contributed by atoms with Gasteiger partial charge in [0.25, 0.3) is 0 Å². The molecular formula is C16H24F3N3O2. The minimum atomic E-state index is -4.73. The molecule has 8 heteroatoms. The van der Waals surface area contributed by atoms with Gasteiger partial charge in [-0.15, -0.1) is 13.2 Å². The van der Waals surface area contributed by atoms with Gasteiger partial charge in [0.1, 0.15) is 5.75 Å². The van der Waals surface area contributed by atoms with Crippen molar-refractivity contribution in [3.8, 4) is 5.75 Å². The van der Waals surface area contributed by atoms with Crippen molar-refractivity contribution < 1.29 is 23.0 Å². The summed E-state index contributed by atoms with van der Waals surface area (Å²) < 4.78 is 40.1. The van der Waals surface area contributed by atoms with Crippen LogP contribution in [0.3, 0.4) is 0 Å². The number of hydrogen-bond donors (Lipinski definition) is 3. The van der Waals surface area contributed by atoms with Crippen molar-refractivity contribution in [1.82, 2.24) is 10.6 Å². The van der Waals surface area contributed by atoms with E-state index in [1.165, 1.54) is 24.3 Å². The van der Waals surface area contributed by atoms with Gasteiger partial charge in [-0.3, -0.25) is 4.99 Å². The highest BCUT2D eigenvalue weighted by molar-refractivity contribution is 5.79. The molecule has 5 nitrogen and oxygen atoms in total. The molecule has 3 N–H and O–H groups in total. The van der Waals surface area contributed by atoms with Gasteiger partial charge in [0, 0.05) is 13.1 Å². The van der Waals surface area contributed by atoms with Gasteiger partial charge in [-0.25, -0.2) is 0 Å². The fourth-order valence-electron chi connectivity index (χ4n) is 1.90. The van der Waals surface area contributed by atoms with E-state index in [0.717, 1.165) is 19.4 Å². The Morgan fingerprint density at radius 3 is 2.42 bits per heavy atom. The van der Waals surface area contributed by atoms with E-state index in [9.17, 15) is 18.3 Å². The van der Waals surface area contributed by atoms with E-state index >= 15 is 0 Å². The van der Waals surface area contributed by atoms with E-state index in [0.29, 0.717) is 18.1 Å². The van der Waals surface area contributed by atoms with Crippen LogP contribution in [0.1, 0.15) is 38.4 Å². The first kappa shape index (κ1) is 20.1. The minimum absolute atomic E-state index is 0.0981. The molecule has 1 unspecified atom stereocenters. The van der Waals surface area contributed by atoms with Crippen LogP contribution in [0.4, 0.5) is 13.2 Å². The monoisotopic (exact) mass is 347 g/mol. The summed E-state index contributed by atoms with van der Waals surface area (Å²) in [6.07, 6.45) is -3.57. The summed E-state index contributed by atoms with van der Waals surface area (Å²) >= 11 is 0. The maximum atomic E-state index is 12.1. The van der Waals surface area contributed by atoms with Crippen molar-refractivity contribution in [2.45, 2.75) is 39.2 Å². The normalized spacial score (nSPS) is 13.5. The molecule has 136 valence electrons. The van der Waals surface area contributed by atoms with Crippen molar-refractivity contribution in [1.29, 1.82) is 0 Å². The van der Waals surface area contributed by atoms with Gasteiger partial charge in [-0.1, -0.05) is 25.5 Å². The number of nitrogens with zero attached hydrogens (tertiary/aromatic N) is 1. The molecule has 0 fully saturated rings. The number of aliphatic imine (C=N–C) groups is 1. The first-order valence-corrected chi connectivity index (χ1v) is 7.91. The van der Waals surface area contributed by atoms with Gasteiger partial charge in [0.2, 0.25) is 0 Å². The zero-order valence-electron chi connectivity index (χ0n) is 13.9. The highest BCUT2D eigenvalue weighted by Gasteiger charge is 2.31. The topological polar surface area (TPSA) is 65.9 Å². The van der Waals surface area contributed by atoms with Crippen LogP contribution in [-0.2, 0) is 0 Å². The average molecular weight is 347 g/mol. The van der Waals surface area contributed by atoms with Crippen LogP contribution in [0.5, 0.6) is 5.75 Å². The van der Waals surface area contributed by atoms with Gasteiger partial charge < -0.3 is 20.5 Å². The Balaban J connectivity index is 2.61. The van der Waals surface area contributed by atoms with Gasteiger partial charge in [0.05, 0.1) is 12.6 Å². The molecule has 0 radical (unpaired) electrons. The molecule has 1 aromatic rings. The molecule has 24 heavy (non-hydrogen) atoms. The van der Waals surface area contributed by atoms with Gasteiger partial charge in [-0.05, 0) is 31.0 Å². The maximum Gasteiger partial charge on any atom is 0.573 e. The number of alkyl halides is 3. The fraction of sp³-hybridized carbons (Fsp3) is 0.562. The second kappa shape index (κ2) is 10.0. The Labute approximate surface area is 139 Å². The number of aliphatic hydroxyl groups is 1. The average Bonchev–Trinajstić information content (AvgIpc) is 2.51. The highest BCUT2D eigenvalue weighted by atomic mass is 19.4. The summed E-state index contributed by atoms with van der Waals surface area (Å²) in [7, 11) is 0. The Bertz CT molecular complexity index is 504. The third kappa shape index (κ3) is 8.05. The smallest absolute Gasteiger partial charge is 0.406 e. The Morgan fingerprint density at radius 2 is 1.88 bits per heavy atom. The second-order valence-electron chi connectivity index (χ2n) is 5.13. The lowest BCUT2D eigenvalue weighted by Crippen LogP contribution is -2.38. The largest absolute Gasteiger partial charge is 0.573 e. The van der Waals surface area contributed by atoms with Gasteiger partial charge in [-0.2, -0.15) is 0 Å². The van der Waals surface area contributed by atoms with Crippen molar-refractivity contribution in [2.24, 2.45) is 4.99 Å². The summed E-state index contributed by atoms with van der Waals surface area (Å²) in [6.45, 7) is 5.59. The first-order valence-electron chi connectivity index (χ1n) is 7.91. The molecule has 0 spiro atoms. The van der Waals surface area contributed by atoms with E-state index in [4.69, 9.17) is 0 Å². The van der Waals surface area contributed by atoms with Gasteiger partial charge in [0.15, 0.2) is 5.96 Å².